The summed E-state index contributed by atoms with van der Waals surface area (Å²) in [6, 6.07) is 0. The molecular weight excluding hydrogens is 218 g/mol. The zero-order valence-electron chi connectivity index (χ0n) is 11.1. The summed E-state index contributed by atoms with van der Waals surface area (Å²) in [5.41, 5.74) is 0. The fourth-order valence-corrected chi connectivity index (χ4v) is 1.75. The number of hydrogen-bond acceptors (Lipinski definition) is 4. The first-order valence-corrected chi connectivity index (χ1v) is 6.48. The molecule has 0 atom stereocenters. The predicted molar refractivity (Wildman–Crippen MR) is 68.1 cm³/mol. The third-order valence-electron chi connectivity index (χ3n) is 2.90. The maximum atomic E-state index is 11.8. The van der Waals surface area contributed by atoms with Crippen LogP contribution in [0.15, 0.2) is 0 Å². The highest BCUT2D eigenvalue weighted by molar-refractivity contribution is 5.78. The van der Waals surface area contributed by atoms with Crippen molar-refractivity contribution in [3.8, 4) is 0 Å². The fourth-order valence-electron chi connectivity index (χ4n) is 1.75. The summed E-state index contributed by atoms with van der Waals surface area (Å²) in [7, 11) is 2.09. The van der Waals surface area contributed by atoms with E-state index in [1.54, 1.807) is 0 Å². The van der Waals surface area contributed by atoms with Gasteiger partial charge in [0.15, 0.2) is 0 Å². The van der Waals surface area contributed by atoms with Crippen molar-refractivity contribution in [1.82, 2.24) is 15.1 Å². The van der Waals surface area contributed by atoms with E-state index >= 15 is 0 Å². The zero-order chi connectivity index (χ0) is 12.5. The molecule has 1 aliphatic rings. The number of nitrogens with zero attached hydrogens (tertiary/aromatic N) is 2. The second-order valence-corrected chi connectivity index (χ2v) is 4.47. The maximum absolute atomic E-state index is 11.8. The standard InChI is InChI=1S/C12H25N3O2/c1-3-9-17-10-4-13-11-12(16)15-7-5-14(2)6-8-15/h13H,3-11H2,1-2H3. The Morgan fingerprint density at radius 1 is 1.24 bits per heavy atom. The minimum Gasteiger partial charge on any atom is -0.380 e. The molecule has 0 aromatic heterocycles. The lowest BCUT2D eigenvalue weighted by Gasteiger charge is -2.32. The monoisotopic (exact) mass is 243 g/mol. The smallest absolute Gasteiger partial charge is 0.236 e. The Bertz CT molecular complexity index is 216. The molecule has 0 aliphatic carbocycles. The van der Waals surface area contributed by atoms with E-state index < -0.39 is 0 Å². The average Bonchev–Trinajstić information content (AvgIpc) is 2.34. The third-order valence-corrected chi connectivity index (χ3v) is 2.90. The van der Waals surface area contributed by atoms with E-state index in [4.69, 9.17) is 4.74 Å². The molecule has 100 valence electrons. The molecule has 1 aliphatic heterocycles. The van der Waals surface area contributed by atoms with Crippen LogP contribution in [-0.4, -0.2) is 75.2 Å². The average molecular weight is 243 g/mol. The van der Waals surface area contributed by atoms with Crippen LogP contribution >= 0.6 is 0 Å². The van der Waals surface area contributed by atoms with Gasteiger partial charge in [-0.3, -0.25) is 4.79 Å². The predicted octanol–water partition coefficient (Wildman–Crippen LogP) is -0.223. The minimum absolute atomic E-state index is 0.202. The van der Waals surface area contributed by atoms with Crippen LogP contribution in [-0.2, 0) is 9.53 Å². The minimum atomic E-state index is 0.202. The molecule has 0 spiro atoms. The molecule has 0 aromatic carbocycles. The van der Waals surface area contributed by atoms with Gasteiger partial charge >= 0.3 is 0 Å². The Balaban J connectivity index is 2.01. The molecule has 0 aromatic rings. The number of nitrogens with one attached hydrogen (secondary N) is 1. The number of hydrogen-bond donors (Lipinski definition) is 1. The van der Waals surface area contributed by atoms with Crippen LogP contribution in [0.25, 0.3) is 0 Å². The molecular formula is C12H25N3O2. The number of piperazine rings is 1. The molecule has 5 heteroatoms. The molecule has 1 saturated heterocycles. The summed E-state index contributed by atoms with van der Waals surface area (Å²) in [5, 5.41) is 3.12. The van der Waals surface area contributed by atoms with Crippen molar-refractivity contribution in [3.63, 3.8) is 0 Å². The Morgan fingerprint density at radius 3 is 2.59 bits per heavy atom. The lowest BCUT2D eigenvalue weighted by Crippen LogP contribution is -2.49. The lowest BCUT2D eigenvalue weighted by molar-refractivity contribution is -0.131. The molecule has 1 fully saturated rings. The van der Waals surface area contributed by atoms with Crippen molar-refractivity contribution >= 4 is 5.91 Å². The van der Waals surface area contributed by atoms with Crippen LogP contribution in [0.1, 0.15) is 13.3 Å². The second-order valence-electron chi connectivity index (χ2n) is 4.47. The van der Waals surface area contributed by atoms with Gasteiger partial charge in [0.05, 0.1) is 13.2 Å². The molecule has 17 heavy (non-hydrogen) atoms. The molecule has 0 unspecified atom stereocenters. The second kappa shape index (κ2) is 8.44. The van der Waals surface area contributed by atoms with Crippen LogP contribution in [0, 0.1) is 0 Å². The highest BCUT2D eigenvalue weighted by atomic mass is 16.5. The van der Waals surface area contributed by atoms with E-state index in [9.17, 15) is 4.79 Å². The molecule has 0 saturated carbocycles. The number of ether oxygens (including phenoxy) is 1. The van der Waals surface area contributed by atoms with Crippen molar-refractivity contribution in [2.45, 2.75) is 13.3 Å². The summed E-state index contributed by atoms with van der Waals surface area (Å²) in [6.07, 6.45) is 1.04. The first kappa shape index (κ1) is 14.4. The number of amides is 1. The van der Waals surface area contributed by atoms with Gasteiger partial charge in [-0.15, -0.1) is 0 Å². The highest BCUT2D eigenvalue weighted by Crippen LogP contribution is 1.98. The largest absolute Gasteiger partial charge is 0.380 e. The van der Waals surface area contributed by atoms with E-state index in [1.165, 1.54) is 0 Å². The van der Waals surface area contributed by atoms with Gasteiger partial charge in [0.2, 0.25) is 5.91 Å². The number of carbonyl (C=O) groups excluding carboxylic acids is 1. The Labute approximate surface area is 104 Å². The maximum Gasteiger partial charge on any atom is 0.236 e. The van der Waals surface area contributed by atoms with Gasteiger partial charge < -0.3 is 19.9 Å². The van der Waals surface area contributed by atoms with Gasteiger partial charge in [0.1, 0.15) is 0 Å². The van der Waals surface area contributed by atoms with Crippen molar-refractivity contribution in [3.05, 3.63) is 0 Å². The van der Waals surface area contributed by atoms with Gasteiger partial charge in [-0.05, 0) is 13.5 Å². The van der Waals surface area contributed by atoms with Crippen LogP contribution in [0.2, 0.25) is 0 Å². The Morgan fingerprint density at radius 2 is 1.94 bits per heavy atom. The Hall–Kier alpha value is -0.650. The van der Waals surface area contributed by atoms with Gasteiger partial charge in [-0.2, -0.15) is 0 Å². The highest BCUT2D eigenvalue weighted by Gasteiger charge is 2.17. The quantitative estimate of drug-likeness (QED) is 0.628. The first-order valence-electron chi connectivity index (χ1n) is 6.48. The number of rotatable bonds is 7. The summed E-state index contributed by atoms with van der Waals surface area (Å²) in [5.74, 6) is 0.202. The third kappa shape index (κ3) is 6.00. The Kier molecular flexibility index (Phi) is 7.16. The number of carbonyl (C=O) groups is 1. The molecule has 1 rings (SSSR count). The topological polar surface area (TPSA) is 44.8 Å². The molecule has 0 bridgehead atoms. The van der Waals surface area contributed by atoms with Crippen LogP contribution in [0.5, 0.6) is 0 Å². The summed E-state index contributed by atoms with van der Waals surface area (Å²) in [4.78, 5) is 16.0. The van der Waals surface area contributed by atoms with E-state index in [0.29, 0.717) is 13.2 Å². The summed E-state index contributed by atoms with van der Waals surface area (Å²) < 4.78 is 5.33. The summed E-state index contributed by atoms with van der Waals surface area (Å²) >= 11 is 0. The van der Waals surface area contributed by atoms with E-state index in [2.05, 4.69) is 24.2 Å². The van der Waals surface area contributed by atoms with Crippen LogP contribution in [0.4, 0.5) is 0 Å². The normalized spacial score (nSPS) is 17.4. The van der Waals surface area contributed by atoms with Crippen molar-refractivity contribution in [1.29, 1.82) is 0 Å². The van der Waals surface area contributed by atoms with Crippen molar-refractivity contribution in [2.75, 3.05) is 59.5 Å². The van der Waals surface area contributed by atoms with Gasteiger partial charge in [0.25, 0.3) is 0 Å². The van der Waals surface area contributed by atoms with Gasteiger partial charge in [-0.1, -0.05) is 6.92 Å². The van der Waals surface area contributed by atoms with Crippen molar-refractivity contribution < 1.29 is 9.53 Å². The first-order chi connectivity index (χ1) is 8.24. The van der Waals surface area contributed by atoms with E-state index in [1.807, 2.05) is 4.90 Å². The number of likely N-dealkylation sites (N-methyl/N-ethyl adjacent to an activating group) is 1. The van der Waals surface area contributed by atoms with Crippen molar-refractivity contribution in [2.24, 2.45) is 0 Å². The molecule has 1 amide bonds. The SMILES string of the molecule is CCCOCCNCC(=O)N1CCN(C)CC1. The molecule has 0 radical (unpaired) electrons. The molecule has 1 N–H and O–H groups in total. The van der Waals surface area contributed by atoms with Gasteiger partial charge in [-0.25, -0.2) is 0 Å². The lowest BCUT2D eigenvalue weighted by atomic mass is 10.3. The van der Waals surface area contributed by atoms with Crippen LogP contribution < -0.4 is 5.32 Å². The summed E-state index contributed by atoms with van der Waals surface area (Å²) in [6.45, 7) is 8.41. The van der Waals surface area contributed by atoms with E-state index in [-0.39, 0.29) is 5.91 Å². The fraction of sp³-hybridized carbons (Fsp3) is 0.917. The zero-order valence-corrected chi connectivity index (χ0v) is 11.1. The molecule has 5 nitrogen and oxygen atoms in total. The molecule has 1 heterocycles. The van der Waals surface area contributed by atoms with Gasteiger partial charge in [0, 0.05) is 39.3 Å². The van der Waals surface area contributed by atoms with Crippen LogP contribution in [0.3, 0.4) is 0 Å². The van der Waals surface area contributed by atoms with E-state index in [0.717, 1.165) is 45.8 Å².